The minimum absolute atomic E-state index is 0.0586. The van der Waals surface area contributed by atoms with Crippen LogP contribution in [0.1, 0.15) is 11.1 Å². The first kappa shape index (κ1) is 15.4. The topological polar surface area (TPSA) is 86.0 Å². The molecule has 0 aliphatic heterocycles. The van der Waals surface area contributed by atoms with Gasteiger partial charge in [0.2, 0.25) is 5.96 Å². The van der Waals surface area contributed by atoms with Crippen molar-refractivity contribution in [1.29, 1.82) is 0 Å². The van der Waals surface area contributed by atoms with Gasteiger partial charge in [-0.2, -0.15) is 5.10 Å². The number of nitrogens with zero attached hydrogens (tertiary/aromatic N) is 2. The maximum absolute atomic E-state index is 13.9. The van der Waals surface area contributed by atoms with Gasteiger partial charge in [0.15, 0.2) is 11.6 Å². The standard InChI is InChI=1S/C15H14F2N4O/c16-12-3-1-2-11(6-12)9-22-14-5-4-10(7-13(14)17)8-20-21-15(18)19/h1-8H,9H2,(H4,18,19,21). The molecule has 0 aliphatic rings. The fraction of sp³-hybridized carbons (Fsp3) is 0.0667. The molecule has 0 atom stereocenters. The largest absolute Gasteiger partial charge is 0.486 e. The Hall–Kier alpha value is -2.96. The predicted octanol–water partition coefficient (Wildman–Crippen LogP) is 2.15. The van der Waals surface area contributed by atoms with E-state index in [-0.39, 0.29) is 24.1 Å². The lowest BCUT2D eigenvalue weighted by molar-refractivity contribution is 0.290. The van der Waals surface area contributed by atoms with Crippen molar-refractivity contribution in [2.45, 2.75) is 6.61 Å². The van der Waals surface area contributed by atoms with Gasteiger partial charge in [-0.3, -0.25) is 0 Å². The Kier molecular flexibility index (Phi) is 5.02. The summed E-state index contributed by atoms with van der Waals surface area (Å²) in [7, 11) is 0. The van der Waals surface area contributed by atoms with Gasteiger partial charge in [0, 0.05) is 0 Å². The number of guanidine groups is 1. The van der Waals surface area contributed by atoms with Crippen LogP contribution in [0.3, 0.4) is 0 Å². The van der Waals surface area contributed by atoms with Crippen LogP contribution in [0.2, 0.25) is 0 Å². The van der Waals surface area contributed by atoms with Gasteiger partial charge >= 0.3 is 0 Å². The van der Waals surface area contributed by atoms with Gasteiger partial charge in [-0.05, 0) is 41.5 Å². The van der Waals surface area contributed by atoms with Crippen molar-refractivity contribution in [2.24, 2.45) is 21.7 Å². The Labute approximate surface area is 125 Å². The molecule has 0 amide bonds. The third-order valence-electron chi connectivity index (χ3n) is 2.62. The molecule has 4 N–H and O–H groups in total. The summed E-state index contributed by atoms with van der Waals surface area (Å²) in [6.45, 7) is 0.0656. The van der Waals surface area contributed by atoms with Crippen LogP contribution in [0.15, 0.2) is 52.7 Å². The van der Waals surface area contributed by atoms with Gasteiger partial charge < -0.3 is 16.2 Å². The zero-order chi connectivity index (χ0) is 15.9. The lowest BCUT2D eigenvalue weighted by Gasteiger charge is -2.07. The SMILES string of the molecule is NC(N)=NN=Cc1ccc(OCc2cccc(F)c2)c(F)c1. The highest BCUT2D eigenvalue weighted by atomic mass is 19.1. The van der Waals surface area contributed by atoms with Crippen molar-refractivity contribution < 1.29 is 13.5 Å². The third kappa shape index (κ3) is 4.55. The molecule has 0 aromatic heterocycles. The molecule has 0 heterocycles. The third-order valence-corrected chi connectivity index (χ3v) is 2.62. The fourth-order valence-corrected chi connectivity index (χ4v) is 1.66. The molecular formula is C15H14F2N4O. The molecule has 2 aromatic rings. The Balaban J connectivity index is 2.03. The quantitative estimate of drug-likeness (QED) is 0.504. The summed E-state index contributed by atoms with van der Waals surface area (Å²) in [6.07, 6.45) is 1.30. The summed E-state index contributed by atoms with van der Waals surface area (Å²) in [5.74, 6) is -1.06. The van der Waals surface area contributed by atoms with Crippen LogP contribution in [-0.2, 0) is 6.61 Å². The number of rotatable bonds is 5. The maximum atomic E-state index is 13.9. The Bertz CT molecular complexity index is 712. The van der Waals surface area contributed by atoms with Crippen molar-refractivity contribution in [2.75, 3.05) is 0 Å². The number of ether oxygens (including phenoxy) is 1. The molecule has 5 nitrogen and oxygen atoms in total. The van der Waals surface area contributed by atoms with Crippen molar-refractivity contribution in [3.63, 3.8) is 0 Å². The van der Waals surface area contributed by atoms with Crippen molar-refractivity contribution in [3.05, 3.63) is 65.2 Å². The van der Waals surface area contributed by atoms with Crippen LogP contribution in [0.25, 0.3) is 0 Å². The molecule has 2 aromatic carbocycles. The van der Waals surface area contributed by atoms with E-state index in [2.05, 4.69) is 10.2 Å². The van der Waals surface area contributed by atoms with E-state index in [1.165, 1.54) is 30.5 Å². The second-order valence-corrected chi connectivity index (χ2v) is 4.38. The van der Waals surface area contributed by atoms with Crippen LogP contribution in [0, 0.1) is 11.6 Å². The Morgan fingerprint density at radius 3 is 2.64 bits per heavy atom. The average Bonchev–Trinajstić information content (AvgIpc) is 2.46. The summed E-state index contributed by atoms with van der Waals surface area (Å²) in [5, 5.41) is 6.99. The summed E-state index contributed by atoms with van der Waals surface area (Å²) in [5.41, 5.74) is 11.3. The van der Waals surface area contributed by atoms with Gasteiger partial charge in [0.25, 0.3) is 0 Å². The average molecular weight is 304 g/mol. The van der Waals surface area contributed by atoms with Crippen LogP contribution in [0.4, 0.5) is 8.78 Å². The summed E-state index contributed by atoms with van der Waals surface area (Å²) < 4.78 is 32.2. The molecule has 114 valence electrons. The summed E-state index contributed by atoms with van der Waals surface area (Å²) >= 11 is 0. The zero-order valence-corrected chi connectivity index (χ0v) is 11.5. The van der Waals surface area contributed by atoms with E-state index in [9.17, 15) is 8.78 Å². The number of hydrogen-bond donors (Lipinski definition) is 2. The van der Waals surface area contributed by atoms with Gasteiger partial charge in [-0.15, -0.1) is 5.10 Å². The van der Waals surface area contributed by atoms with Gasteiger partial charge in [-0.25, -0.2) is 8.78 Å². The van der Waals surface area contributed by atoms with E-state index in [0.717, 1.165) is 0 Å². The van der Waals surface area contributed by atoms with E-state index in [0.29, 0.717) is 11.1 Å². The first-order chi connectivity index (χ1) is 10.5. The zero-order valence-electron chi connectivity index (χ0n) is 11.5. The first-order valence-corrected chi connectivity index (χ1v) is 6.33. The molecule has 0 radical (unpaired) electrons. The highest BCUT2D eigenvalue weighted by Gasteiger charge is 2.05. The lowest BCUT2D eigenvalue weighted by atomic mass is 10.2. The predicted molar refractivity (Wildman–Crippen MR) is 80.5 cm³/mol. The normalized spacial score (nSPS) is 10.6. The molecule has 0 fully saturated rings. The van der Waals surface area contributed by atoms with E-state index >= 15 is 0 Å². The minimum atomic E-state index is -0.565. The second kappa shape index (κ2) is 7.16. The molecule has 0 aliphatic carbocycles. The Morgan fingerprint density at radius 1 is 1.14 bits per heavy atom. The monoisotopic (exact) mass is 304 g/mol. The molecule has 0 spiro atoms. The number of halogens is 2. The highest BCUT2D eigenvalue weighted by molar-refractivity contribution is 5.81. The van der Waals surface area contributed by atoms with Crippen molar-refractivity contribution in [1.82, 2.24) is 0 Å². The molecule has 0 bridgehead atoms. The fourth-order valence-electron chi connectivity index (χ4n) is 1.66. The molecule has 7 heteroatoms. The van der Waals surface area contributed by atoms with Crippen LogP contribution >= 0.6 is 0 Å². The minimum Gasteiger partial charge on any atom is -0.486 e. The van der Waals surface area contributed by atoms with Gasteiger partial charge in [0.1, 0.15) is 12.4 Å². The van der Waals surface area contributed by atoms with E-state index in [1.54, 1.807) is 18.2 Å². The Morgan fingerprint density at radius 2 is 1.95 bits per heavy atom. The van der Waals surface area contributed by atoms with Crippen LogP contribution in [0.5, 0.6) is 5.75 Å². The molecule has 22 heavy (non-hydrogen) atoms. The molecule has 0 saturated carbocycles. The molecule has 2 rings (SSSR count). The summed E-state index contributed by atoms with van der Waals surface area (Å²) in [4.78, 5) is 0. The van der Waals surface area contributed by atoms with Crippen LogP contribution < -0.4 is 16.2 Å². The number of hydrogen-bond acceptors (Lipinski definition) is 3. The van der Waals surface area contributed by atoms with Crippen LogP contribution in [-0.4, -0.2) is 12.2 Å². The molecule has 0 unspecified atom stereocenters. The second-order valence-electron chi connectivity index (χ2n) is 4.38. The lowest BCUT2D eigenvalue weighted by Crippen LogP contribution is -2.21. The molecule has 0 saturated heterocycles. The number of nitrogens with two attached hydrogens (primary N) is 2. The smallest absolute Gasteiger partial charge is 0.211 e. The van der Waals surface area contributed by atoms with Gasteiger partial charge in [-0.1, -0.05) is 12.1 Å². The van der Waals surface area contributed by atoms with Crippen molar-refractivity contribution in [3.8, 4) is 5.75 Å². The number of benzene rings is 2. The first-order valence-electron chi connectivity index (χ1n) is 6.33. The van der Waals surface area contributed by atoms with E-state index in [1.807, 2.05) is 0 Å². The highest BCUT2D eigenvalue weighted by Crippen LogP contribution is 2.19. The summed E-state index contributed by atoms with van der Waals surface area (Å²) in [6, 6.07) is 10.2. The van der Waals surface area contributed by atoms with Gasteiger partial charge in [0.05, 0.1) is 6.21 Å². The van der Waals surface area contributed by atoms with E-state index < -0.39 is 5.82 Å². The van der Waals surface area contributed by atoms with Crippen molar-refractivity contribution >= 4 is 12.2 Å². The maximum Gasteiger partial charge on any atom is 0.211 e. The van der Waals surface area contributed by atoms with E-state index in [4.69, 9.17) is 16.2 Å². The molecular weight excluding hydrogens is 290 g/mol.